The minimum atomic E-state index is -0.853. The Labute approximate surface area is 139 Å². The van der Waals surface area contributed by atoms with Gasteiger partial charge in [-0.25, -0.2) is 9.59 Å². The molecule has 0 fully saturated rings. The van der Waals surface area contributed by atoms with Gasteiger partial charge in [-0.2, -0.15) is 0 Å². The van der Waals surface area contributed by atoms with Crippen LogP contribution in [0.4, 0.5) is 0 Å². The molecule has 0 saturated heterocycles. The highest BCUT2D eigenvalue weighted by Crippen LogP contribution is 2.05. The fourth-order valence-corrected chi connectivity index (χ4v) is 2.09. The third kappa shape index (κ3) is 4.98. The molecule has 1 heterocycles. The minimum Gasteiger partial charge on any atom is -0.467 e. The number of carbonyl (C=O) groups excluding carboxylic acids is 3. The topological polar surface area (TPSA) is 97.5 Å². The zero-order chi connectivity index (χ0) is 17.4. The molecule has 0 spiro atoms. The van der Waals surface area contributed by atoms with Crippen molar-refractivity contribution in [2.45, 2.75) is 12.5 Å². The molecule has 0 saturated carbocycles. The van der Waals surface area contributed by atoms with Gasteiger partial charge in [0.2, 0.25) is 0 Å². The van der Waals surface area contributed by atoms with Gasteiger partial charge in [0.1, 0.15) is 11.7 Å². The summed E-state index contributed by atoms with van der Waals surface area (Å²) in [4.78, 5) is 38.1. The molecule has 7 nitrogen and oxygen atoms in total. The van der Waals surface area contributed by atoms with Crippen LogP contribution in [0.2, 0.25) is 0 Å². The maximum Gasteiger partial charge on any atom is 0.355 e. The monoisotopic (exact) mass is 330 g/mol. The van der Waals surface area contributed by atoms with Crippen LogP contribution in [0.25, 0.3) is 0 Å². The smallest absolute Gasteiger partial charge is 0.355 e. The lowest BCUT2D eigenvalue weighted by Gasteiger charge is -2.16. The first kappa shape index (κ1) is 17.3. The van der Waals surface area contributed by atoms with E-state index < -0.39 is 30.5 Å². The summed E-state index contributed by atoms with van der Waals surface area (Å²) in [5.74, 6) is -1.79. The molecule has 2 N–H and O–H groups in total. The first-order chi connectivity index (χ1) is 11.6. The molecule has 0 aliphatic heterocycles. The van der Waals surface area contributed by atoms with Crippen LogP contribution in [0.15, 0.2) is 48.7 Å². The number of ether oxygens (including phenoxy) is 2. The molecule has 1 aromatic heterocycles. The summed E-state index contributed by atoms with van der Waals surface area (Å²) < 4.78 is 9.58. The Morgan fingerprint density at radius 1 is 1.12 bits per heavy atom. The number of esters is 2. The van der Waals surface area contributed by atoms with E-state index in [1.165, 1.54) is 13.2 Å². The number of H-pyrrole nitrogens is 1. The second-order valence-electron chi connectivity index (χ2n) is 4.99. The first-order valence-corrected chi connectivity index (χ1v) is 7.31. The number of carbonyl (C=O) groups is 3. The average molecular weight is 330 g/mol. The summed E-state index contributed by atoms with van der Waals surface area (Å²) in [5.41, 5.74) is 1.12. The Hall–Kier alpha value is -3.09. The van der Waals surface area contributed by atoms with Gasteiger partial charge in [-0.05, 0) is 17.7 Å². The molecular formula is C17H18N2O5. The third-order valence-electron chi connectivity index (χ3n) is 3.26. The Morgan fingerprint density at radius 2 is 1.88 bits per heavy atom. The maximum atomic E-state index is 11.9. The van der Waals surface area contributed by atoms with Crippen molar-refractivity contribution in [2.24, 2.45) is 0 Å². The summed E-state index contributed by atoms with van der Waals surface area (Å²) in [6.45, 7) is -0.486. The van der Waals surface area contributed by atoms with Gasteiger partial charge in [-0.3, -0.25) is 4.79 Å². The average Bonchev–Trinajstić information content (AvgIpc) is 3.14. The van der Waals surface area contributed by atoms with Gasteiger partial charge in [-0.15, -0.1) is 0 Å². The van der Waals surface area contributed by atoms with Crippen LogP contribution >= 0.6 is 0 Å². The number of nitrogens with one attached hydrogen (secondary N) is 2. The number of methoxy groups -OCH3 is 1. The molecule has 0 radical (unpaired) electrons. The highest BCUT2D eigenvalue weighted by Gasteiger charge is 2.22. The van der Waals surface area contributed by atoms with E-state index in [-0.39, 0.29) is 12.1 Å². The molecule has 0 aliphatic carbocycles. The Kier molecular flexibility index (Phi) is 6.13. The zero-order valence-corrected chi connectivity index (χ0v) is 13.2. The van der Waals surface area contributed by atoms with E-state index in [0.29, 0.717) is 0 Å². The molecule has 7 heteroatoms. The number of aromatic nitrogens is 1. The summed E-state index contributed by atoms with van der Waals surface area (Å²) in [6.07, 6.45) is 1.85. The van der Waals surface area contributed by atoms with E-state index in [2.05, 4.69) is 10.3 Å². The second-order valence-corrected chi connectivity index (χ2v) is 4.99. The highest BCUT2D eigenvalue weighted by molar-refractivity contribution is 5.90. The highest BCUT2D eigenvalue weighted by atomic mass is 16.5. The van der Waals surface area contributed by atoms with Crippen LogP contribution in [0, 0.1) is 0 Å². The van der Waals surface area contributed by atoms with Crippen molar-refractivity contribution in [3.63, 3.8) is 0 Å². The number of hydrogen-bond donors (Lipinski definition) is 2. The normalized spacial score (nSPS) is 11.4. The summed E-state index contributed by atoms with van der Waals surface area (Å²) in [6, 6.07) is 11.5. The lowest BCUT2D eigenvalue weighted by atomic mass is 10.1. The fourth-order valence-electron chi connectivity index (χ4n) is 2.09. The van der Waals surface area contributed by atoms with Gasteiger partial charge in [0.25, 0.3) is 5.91 Å². The fraction of sp³-hybridized carbons (Fsp3) is 0.235. The predicted molar refractivity (Wildman–Crippen MR) is 85.2 cm³/mol. The summed E-state index contributed by atoms with van der Waals surface area (Å²) >= 11 is 0. The molecule has 2 rings (SSSR count). The van der Waals surface area contributed by atoms with Crippen molar-refractivity contribution in [3.8, 4) is 0 Å². The van der Waals surface area contributed by atoms with Crippen molar-refractivity contribution >= 4 is 17.8 Å². The van der Waals surface area contributed by atoms with Crippen molar-refractivity contribution in [2.75, 3.05) is 13.7 Å². The van der Waals surface area contributed by atoms with E-state index in [4.69, 9.17) is 9.47 Å². The third-order valence-corrected chi connectivity index (χ3v) is 3.26. The van der Waals surface area contributed by atoms with E-state index in [9.17, 15) is 14.4 Å². The molecule has 24 heavy (non-hydrogen) atoms. The number of aromatic amines is 1. The number of benzene rings is 1. The molecule has 2 aromatic rings. The van der Waals surface area contributed by atoms with Gasteiger partial charge in [0, 0.05) is 12.6 Å². The van der Waals surface area contributed by atoms with Gasteiger partial charge in [0.05, 0.1) is 7.11 Å². The summed E-state index contributed by atoms with van der Waals surface area (Å²) in [5, 5.41) is 2.52. The number of amides is 1. The Morgan fingerprint density at radius 3 is 2.50 bits per heavy atom. The molecule has 0 aliphatic rings. The van der Waals surface area contributed by atoms with Crippen molar-refractivity contribution in [3.05, 3.63) is 59.9 Å². The number of hydrogen-bond acceptors (Lipinski definition) is 5. The molecule has 0 unspecified atom stereocenters. The van der Waals surface area contributed by atoms with Gasteiger partial charge >= 0.3 is 11.9 Å². The van der Waals surface area contributed by atoms with Crippen LogP contribution in [0.1, 0.15) is 16.1 Å². The van der Waals surface area contributed by atoms with Crippen LogP contribution in [-0.4, -0.2) is 42.6 Å². The SMILES string of the molecule is COC(=O)[C@H](Cc1ccccc1)NC(=O)COC(=O)c1ccc[nH]1. The van der Waals surface area contributed by atoms with E-state index >= 15 is 0 Å². The standard InChI is InChI=1S/C17H18N2O5/c1-23-16(21)14(10-12-6-3-2-4-7-12)19-15(20)11-24-17(22)13-8-5-9-18-13/h2-9,14,18H,10-11H2,1H3,(H,19,20)/t14-/m0/s1. The van der Waals surface area contributed by atoms with Gasteiger partial charge < -0.3 is 19.8 Å². The Bertz CT molecular complexity index is 682. The van der Waals surface area contributed by atoms with Crippen molar-refractivity contribution in [1.29, 1.82) is 0 Å². The lowest BCUT2D eigenvalue weighted by Crippen LogP contribution is -2.44. The molecular weight excluding hydrogens is 312 g/mol. The molecule has 126 valence electrons. The van der Waals surface area contributed by atoms with E-state index in [1.54, 1.807) is 12.3 Å². The van der Waals surface area contributed by atoms with Gasteiger partial charge in [-0.1, -0.05) is 30.3 Å². The molecule has 1 atom stereocenters. The lowest BCUT2D eigenvalue weighted by molar-refractivity contribution is -0.145. The predicted octanol–water partition coefficient (Wildman–Crippen LogP) is 1.07. The van der Waals surface area contributed by atoms with E-state index in [1.807, 2.05) is 30.3 Å². The number of rotatable bonds is 7. The second kappa shape index (κ2) is 8.52. The van der Waals surface area contributed by atoms with Crippen molar-refractivity contribution < 1.29 is 23.9 Å². The van der Waals surface area contributed by atoms with Crippen LogP contribution in [0.3, 0.4) is 0 Å². The Balaban J connectivity index is 1.89. The van der Waals surface area contributed by atoms with Crippen LogP contribution in [-0.2, 0) is 25.5 Å². The zero-order valence-electron chi connectivity index (χ0n) is 13.2. The largest absolute Gasteiger partial charge is 0.467 e. The van der Waals surface area contributed by atoms with Crippen molar-refractivity contribution in [1.82, 2.24) is 10.3 Å². The molecule has 1 amide bonds. The maximum absolute atomic E-state index is 11.9. The van der Waals surface area contributed by atoms with Crippen LogP contribution in [0.5, 0.6) is 0 Å². The summed E-state index contributed by atoms with van der Waals surface area (Å²) in [7, 11) is 1.25. The minimum absolute atomic E-state index is 0.247. The quantitative estimate of drug-likeness (QED) is 0.740. The molecule has 0 bridgehead atoms. The first-order valence-electron chi connectivity index (χ1n) is 7.31. The van der Waals surface area contributed by atoms with Crippen LogP contribution < -0.4 is 5.32 Å². The molecule has 1 aromatic carbocycles. The van der Waals surface area contributed by atoms with E-state index in [0.717, 1.165) is 5.56 Å². The van der Waals surface area contributed by atoms with Gasteiger partial charge in [0.15, 0.2) is 6.61 Å².